The molecule has 3 nitrogen and oxygen atoms in total. The third-order valence-corrected chi connectivity index (χ3v) is 11.0. The van der Waals surface area contributed by atoms with Crippen molar-refractivity contribution in [2.75, 3.05) is 4.90 Å². The number of fused-ring (bicyclic) bond motifs is 7. The molecule has 2 aromatic heterocycles. The molecule has 0 N–H and O–H groups in total. The minimum Gasteiger partial charge on any atom is -0.455 e. The summed E-state index contributed by atoms with van der Waals surface area (Å²) in [6.45, 7) is 0. The van der Waals surface area contributed by atoms with Gasteiger partial charge >= 0.3 is 0 Å². The van der Waals surface area contributed by atoms with Crippen LogP contribution in [0.5, 0.6) is 0 Å². The molecule has 0 aliphatic heterocycles. The van der Waals surface area contributed by atoms with Crippen LogP contribution in [0.25, 0.3) is 82.5 Å². The summed E-state index contributed by atoms with van der Waals surface area (Å²) < 4.78 is 8.76. The summed E-state index contributed by atoms with van der Waals surface area (Å²) in [6, 6.07) is 73.9. The van der Waals surface area contributed by atoms with Crippen molar-refractivity contribution in [1.82, 2.24) is 4.57 Å². The molecular formula is C52H34N2O. The number of hydrogen-bond acceptors (Lipinski definition) is 2. The van der Waals surface area contributed by atoms with E-state index in [1.807, 2.05) is 12.1 Å². The van der Waals surface area contributed by atoms with Crippen LogP contribution < -0.4 is 4.90 Å². The van der Waals surface area contributed by atoms with Crippen molar-refractivity contribution in [2.45, 2.75) is 0 Å². The van der Waals surface area contributed by atoms with Gasteiger partial charge in [-0.2, -0.15) is 0 Å². The van der Waals surface area contributed by atoms with Crippen LogP contribution in [0.2, 0.25) is 0 Å². The standard InChI is InChI=1S/C52H34N2O/c1-2-13-42-37(11-1)12-9-21-48(42)53(40-33-27-38(28-34-40)43-17-10-18-47-46-16-5-8-22-51(46)55-52(43)47)39-29-23-35(24-30-39)36-25-31-41(32-26-36)54-49-19-6-3-14-44(49)45-15-4-7-20-50(45)54/h1-34H. The third kappa shape index (κ3) is 5.13. The number of anilines is 3. The van der Waals surface area contributed by atoms with Crippen molar-refractivity contribution < 1.29 is 4.42 Å². The van der Waals surface area contributed by atoms with E-state index in [9.17, 15) is 0 Å². The first kappa shape index (κ1) is 31.2. The van der Waals surface area contributed by atoms with Gasteiger partial charge in [-0.25, -0.2) is 0 Å². The van der Waals surface area contributed by atoms with Crippen LogP contribution in [0.1, 0.15) is 0 Å². The number of benzene rings is 9. The summed E-state index contributed by atoms with van der Waals surface area (Å²) in [7, 11) is 0. The third-order valence-electron chi connectivity index (χ3n) is 11.0. The van der Waals surface area contributed by atoms with E-state index in [4.69, 9.17) is 4.42 Å². The Bertz CT molecular complexity index is 3130. The van der Waals surface area contributed by atoms with E-state index < -0.39 is 0 Å². The molecule has 11 aromatic rings. The summed E-state index contributed by atoms with van der Waals surface area (Å²) in [4.78, 5) is 2.36. The van der Waals surface area contributed by atoms with Gasteiger partial charge in [0, 0.05) is 49.6 Å². The molecule has 0 bridgehead atoms. The lowest BCUT2D eigenvalue weighted by atomic mass is 10.0. The Hall–Kier alpha value is -7.36. The molecule has 0 saturated heterocycles. The first-order chi connectivity index (χ1) is 27.3. The van der Waals surface area contributed by atoms with Crippen LogP contribution in [0, 0.1) is 0 Å². The van der Waals surface area contributed by atoms with Gasteiger partial charge in [0.1, 0.15) is 11.2 Å². The van der Waals surface area contributed by atoms with E-state index >= 15 is 0 Å². The monoisotopic (exact) mass is 702 g/mol. The van der Waals surface area contributed by atoms with Gasteiger partial charge < -0.3 is 13.9 Å². The van der Waals surface area contributed by atoms with Gasteiger partial charge in [-0.15, -0.1) is 0 Å². The van der Waals surface area contributed by atoms with E-state index in [-0.39, 0.29) is 0 Å². The summed E-state index contributed by atoms with van der Waals surface area (Å²) in [6.07, 6.45) is 0. The van der Waals surface area contributed by atoms with Gasteiger partial charge in [-0.05, 0) is 82.7 Å². The Morgan fingerprint density at radius 3 is 1.56 bits per heavy atom. The smallest absolute Gasteiger partial charge is 0.143 e. The molecule has 258 valence electrons. The minimum atomic E-state index is 0.909. The molecule has 11 rings (SSSR count). The first-order valence-electron chi connectivity index (χ1n) is 18.8. The highest BCUT2D eigenvalue weighted by Gasteiger charge is 2.18. The van der Waals surface area contributed by atoms with Crippen molar-refractivity contribution in [1.29, 1.82) is 0 Å². The largest absolute Gasteiger partial charge is 0.455 e. The Morgan fingerprint density at radius 2 is 0.873 bits per heavy atom. The van der Waals surface area contributed by atoms with Gasteiger partial charge in [-0.3, -0.25) is 0 Å². The fraction of sp³-hybridized carbons (Fsp3) is 0. The molecule has 0 radical (unpaired) electrons. The fourth-order valence-electron chi connectivity index (χ4n) is 8.40. The van der Waals surface area contributed by atoms with Crippen LogP contribution in [-0.2, 0) is 0 Å². The topological polar surface area (TPSA) is 21.3 Å². The zero-order chi connectivity index (χ0) is 36.3. The summed E-state index contributed by atoms with van der Waals surface area (Å²) in [5.74, 6) is 0. The van der Waals surface area contributed by atoms with E-state index in [0.29, 0.717) is 0 Å². The maximum Gasteiger partial charge on any atom is 0.143 e. The van der Waals surface area contributed by atoms with Crippen molar-refractivity contribution in [3.8, 4) is 27.9 Å². The highest BCUT2D eigenvalue weighted by Crippen LogP contribution is 2.42. The SMILES string of the molecule is c1ccc2c(N(c3ccc(-c4ccc(-n5c6ccccc6c6ccccc65)cc4)cc3)c3ccc(-c4cccc5c4oc4ccccc45)cc3)cccc2c1. The Labute approximate surface area is 318 Å². The van der Waals surface area contributed by atoms with Crippen LogP contribution in [-0.4, -0.2) is 4.57 Å². The molecule has 0 atom stereocenters. The summed E-state index contributed by atoms with van der Waals surface area (Å²) in [5, 5.41) is 7.22. The Balaban J connectivity index is 0.970. The molecule has 0 fully saturated rings. The highest BCUT2D eigenvalue weighted by molar-refractivity contribution is 6.10. The number of furan rings is 1. The van der Waals surface area contributed by atoms with Gasteiger partial charge in [0.25, 0.3) is 0 Å². The Morgan fingerprint density at radius 1 is 0.364 bits per heavy atom. The number of rotatable bonds is 6. The quantitative estimate of drug-likeness (QED) is 0.172. The maximum absolute atomic E-state index is 6.40. The van der Waals surface area contributed by atoms with Crippen molar-refractivity contribution >= 4 is 71.6 Å². The van der Waals surface area contributed by atoms with Crippen LogP contribution >= 0.6 is 0 Å². The first-order valence-corrected chi connectivity index (χ1v) is 18.8. The van der Waals surface area contributed by atoms with E-state index in [1.165, 1.54) is 43.7 Å². The lowest BCUT2D eigenvalue weighted by molar-refractivity contribution is 0.670. The van der Waals surface area contributed by atoms with Gasteiger partial charge in [0.05, 0.1) is 16.7 Å². The van der Waals surface area contributed by atoms with Crippen molar-refractivity contribution in [3.05, 3.63) is 206 Å². The number of hydrogen-bond donors (Lipinski definition) is 0. The lowest BCUT2D eigenvalue weighted by Gasteiger charge is -2.27. The van der Waals surface area contributed by atoms with Crippen molar-refractivity contribution in [2.24, 2.45) is 0 Å². The minimum absolute atomic E-state index is 0.909. The molecule has 0 spiro atoms. The predicted octanol–water partition coefficient (Wildman–Crippen LogP) is 14.6. The Kier molecular flexibility index (Phi) is 7.17. The van der Waals surface area contributed by atoms with Crippen molar-refractivity contribution in [3.63, 3.8) is 0 Å². The molecule has 55 heavy (non-hydrogen) atoms. The zero-order valence-corrected chi connectivity index (χ0v) is 29.9. The average Bonchev–Trinajstić information content (AvgIpc) is 3.81. The van der Waals surface area contributed by atoms with Gasteiger partial charge in [0.15, 0.2) is 0 Å². The van der Waals surface area contributed by atoms with Crippen LogP contribution in [0.3, 0.4) is 0 Å². The molecular weight excluding hydrogens is 669 g/mol. The second kappa shape index (κ2) is 12.6. The molecule has 9 aromatic carbocycles. The van der Waals surface area contributed by atoms with E-state index in [1.54, 1.807) is 0 Å². The number of para-hydroxylation sites is 4. The van der Waals surface area contributed by atoms with Gasteiger partial charge in [-0.1, -0.05) is 146 Å². The molecule has 0 amide bonds. The molecule has 3 heteroatoms. The molecule has 0 saturated carbocycles. The zero-order valence-electron chi connectivity index (χ0n) is 29.9. The maximum atomic E-state index is 6.40. The number of nitrogens with zero attached hydrogens (tertiary/aromatic N) is 2. The molecule has 0 unspecified atom stereocenters. The number of aromatic nitrogens is 1. The molecule has 2 heterocycles. The second-order valence-electron chi connectivity index (χ2n) is 14.1. The van der Waals surface area contributed by atoms with Crippen LogP contribution in [0.15, 0.2) is 211 Å². The predicted molar refractivity (Wildman–Crippen MR) is 231 cm³/mol. The summed E-state index contributed by atoms with van der Waals surface area (Å²) >= 11 is 0. The normalized spacial score (nSPS) is 11.6. The second-order valence-corrected chi connectivity index (χ2v) is 14.1. The van der Waals surface area contributed by atoms with E-state index in [2.05, 4.69) is 204 Å². The van der Waals surface area contributed by atoms with Crippen LogP contribution in [0.4, 0.5) is 17.1 Å². The summed E-state index contributed by atoms with van der Waals surface area (Å²) in [5.41, 5.74) is 13.3. The lowest BCUT2D eigenvalue weighted by Crippen LogP contribution is -2.10. The van der Waals surface area contributed by atoms with E-state index in [0.717, 1.165) is 55.8 Å². The fourth-order valence-corrected chi connectivity index (χ4v) is 8.40. The van der Waals surface area contributed by atoms with Gasteiger partial charge in [0.2, 0.25) is 0 Å². The average molecular weight is 703 g/mol. The molecule has 0 aliphatic rings. The highest BCUT2D eigenvalue weighted by atomic mass is 16.3. The molecule has 0 aliphatic carbocycles.